The number of fused-ring (bicyclic) bond motifs is 2. The van der Waals surface area contributed by atoms with Crippen LogP contribution in [-0.2, 0) is 20.2 Å². The number of benzene rings is 8. The number of nitrogens with zero attached hydrogens (tertiary/aromatic N) is 5. The molecule has 23 heteroatoms. The summed E-state index contributed by atoms with van der Waals surface area (Å²) in [5.41, 5.74) is -0.140. The van der Waals surface area contributed by atoms with Gasteiger partial charge in [-0.3, -0.25) is 18.9 Å². The van der Waals surface area contributed by atoms with Gasteiger partial charge in [0, 0.05) is 28.6 Å². The van der Waals surface area contributed by atoms with Crippen LogP contribution < -0.4 is 25.0 Å². The largest absolute Gasteiger partial charge is 2.00 e. The molecule has 0 atom stereocenters. The van der Waals surface area contributed by atoms with Gasteiger partial charge in [-0.05, 0) is 95.7 Å². The van der Waals surface area contributed by atoms with Crippen molar-refractivity contribution in [3.8, 4) is 23.0 Å². The summed E-state index contributed by atoms with van der Waals surface area (Å²) < 4.78 is 77.5. The Balaban J connectivity index is 0.000000235. The number of phenols is 1. The summed E-state index contributed by atoms with van der Waals surface area (Å²) in [6, 6.07) is 35.2. The van der Waals surface area contributed by atoms with Gasteiger partial charge in [0.2, 0.25) is 0 Å². The molecule has 0 saturated carbocycles. The summed E-state index contributed by atoms with van der Waals surface area (Å²) in [5, 5.41) is 57.7. The number of halogens is 2. The van der Waals surface area contributed by atoms with E-state index in [2.05, 4.69) is 30.8 Å². The molecule has 8 aromatic rings. The Morgan fingerprint density at radius 3 is 1.60 bits per heavy atom. The minimum atomic E-state index is -4.70. The van der Waals surface area contributed by atoms with E-state index in [1.807, 2.05) is 0 Å². The molecule has 0 bridgehead atoms. The SMILES string of the molecule is COc1cccc(N=C([O-])c2cc3ccccc3c(N=Nc3c(Cl)ccc(C)c3S(=O)(=O)O)c2[O-])c1.COc1cccc(NC(=O)c2cc3ccccc3c(N=Nc3c(Cl)ccc(C)c3S(=O)(=O)O)c2O)c1.[Ba+2]. The zero-order valence-electron chi connectivity index (χ0n) is 38.7. The Kier molecular flexibility index (Phi) is 18.1. The van der Waals surface area contributed by atoms with Gasteiger partial charge < -0.3 is 30.1 Å². The molecule has 1 amide bonds. The van der Waals surface area contributed by atoms with Crippen molar-refractivity contribution in [3.63, 3.8) is 0 Å². The molecule has 0 heterocycles. The quantitative estimate of drug-likeness (QED) is 0.0292. The van der Waals surface area contributed by atoms with Gasteiger partial charge >= 0.3 is 48.9 Å². The van der Waals surface area contributed by atoms with E-state index < -0.39 is 53.3 Å². The van der Waals surface area contributed by atoms with Gasteiger partial charge in [0.15, 0.2) is 5.75 Å². The van der Waals surface area contributed by atoms with E-state index in [-0.39, 0.29) is 104 Å². The predicted molar refractivity (Wildman–Crippen MR) is 275 cm³/mol. The van der Waals surface area contributed by atoms with Crippen LogP contribution in [0.2, 0.25) is 10.0 Å². The van der Waals surface area contributed by atoms with Gasteiger partial charge in [-0.15, -0.1) is 15.3 Å². The maximum absolute atomic E-state index is 13.3. The standard InChI is InChI=1S/2C25H20ClN3O6S.Ba/c2*1-14-10-11-20(26)22(24(14)36(32,33)34)29-28-21-18-9-4-3-6-15(18)12-19(23(21)30)25(31)27-16-7-5-8-17(13-16)35-2;/h2*3-13,30H,1-2H3,(H,27,31)(H,32,33,34);/q;;+2/p-2. The van der Waals surface area contributed by atoms with Crippen molar-refractivity contribution in [3.05, 3.63) is 166 Å². The first-order chi connectivity index (χ1) is 34.2. The second-order valence-corrected chi connectivity index (χ2v) is 18.9. The fourth-order valence-corrected chi connectivity index (χ4v) is 9.49. The number of nitrogens with one attached hydrogen (secondary N) is 1. The normalized spacial score (nSPS) is 11.9. The smallest absolute Gasteiger partial charge is 0.871 e. The maximum atomic E-state index is 13.3. The summed E-state index contributed by atoms with van der Waals surface area (Å²) in [5.74, 6) is -1.63. The first kappa shape index (κ1) is 55.9. The molecule has 0 unspecified atom stereocenters. The Bertz CT molecular complexity index is 3790. The second-order valence-electron chi connectivity index (χ2n) is 15.4. The van der Waals surface area contributed by atoms with Crippen LogP contribution in [0.25, 0.3) is 21.5 Å². The number of hydrogen-bond donors (Lipinski definition) is 4. The third kappa shape index (κ3) is 12.9. The minimum absolute atomic E-state index is 0. The number of azo groups is 2. The van der Waals surface area contributed by atoms with Gasteiger partial charge in [-0.2, -0.15) is 21.9 Å². The van der Waals surface area contributed by atoms with E-state index in [1.165, 1.54) is 64.5 Å². The van der Waals surface area contributed by atoms with E-state index in [9.17, 15) is 46.1 Å². The zero-order valence-corrected chi connectivity index (χ0v) is 46.3. The Morgan fingerprint density at radius 2 is 1.07 bits per heavy atom. The van der Waals surface area contributed by atoms with Crippen molar-refractivity contribution in [2.75, 3.05) is 19.5 Å². The first-order valence-corrected chi connectivity index (χ1v) is 24.5. The number of phenolic OH excluding ortho intramolecular Hbond substituents is 1. The number of carbonyl (C=O) groups excluding carboxylic acids is 1. The molecule has 0 fully saturated rings. The molecular weight excluding hydrogens is 1150 g/mol. The fourth-order valence-electron chi connectivity index (χ4n) is 7.25. The molecule has 0 aliphatic heterocycles. The average Bonchev–Trinajstić information content (AvgIpc) is 3.34. The fraction of sp³-hybridized carbons (Fsp3) is 0.0800. The Morgan fingerprint density at radius 1 is 0.603 bits per heavy atom. The molecule has 0 radical (unpaired) electrons. The van der Waals surface area contributed by atoms with E-state index >= 15 is 0 Å². The van der Waals surface area contributed by atoms with Crippen LogP contribution in [0, 0.1) is 13.8 Å². The molecule has 368 valence electrons. The number of aliphatic imine (C=N–C) groups is 1. The van der Waals surface area contributed by atoms with Crippen LogP contribution in [0.4, 0.5) is 34.1 Å². The molecule has 0 spiro atoms. The maximum Gasteiger partial charge on any atom is 2.00 e. The number of rotatable bonds is 12. The monoisotopic (exact) mass is 1190 g/mol. The van der Waals surface area contributed by atoms with Crippen molar-refractivity contribution in [1.29, 1.82) is 0 Å². The van der Waals surface area contributed by atoms with Gasteiger partial charge in [0.25, 0.3) is 26.1 Å². The molecule has 0 aliphatic rings. The van der Waals surface area contributed by atoms with E-state index in [4.69, 9.17) is 32.7 Å². The average molecular weight is 1190 g/mol. The van der Waals surface area contributed by atoms with Crippen molar-refractivity contribution in [2.45, 2.75) is 23.6 Å². The van der Waals surface area contributed by atoms with Crippen LogP contribution in [0.5, 0.6) is 23.0 Å². The van der Waals surface area contributed by atoms with Crippen molar-refractivity contribution < 1.29 is 55.5 Å². The minimum Gasteiger partial charge on any atom is -0.871 e. The summed E-state index contributed by atoms with van der Waals surface area (Å²) in [6.45, 7) is 2.92. The third-order valence-electron chi connectivity index (χ3n) is 10.6. The molecule has 0 aromatic heterocycles. The summed E-state index contributed by atoms with van der Waals surface area (Å²) >= 11 is 12.3. The zero-order chi connectivity index (χ0) is 52.1. The molecular formula is C50H38BaCl2N6O12S2. The molecule has 73 heavy (non-hydrogen) atoms. The molecule has 4 N–H and O–H groups in total. The number of anilines is 1. The van der Waals surface area contributed by atoms with Crippen LogP contribution >= 0.6 is 23.2 Å². The van der Waals surface area contributed by atoms with Crippen LogP contribution in [-0.4, -0.2) is 106 Å². The third-order valence-corrected chi connectivity index (χ3v) is 13.3. The molecule has 8 aromatic carbocycles. The van der Waals surface area contributed by atoms with Crippen molar-refractivity contribution in [2.24, 2.45) is 25.4 Å². The van der Waals surface area contributed by atoms with Gasteiger partial charge in [0.1, 0.15) is 38.4 Å². The number of ether oxygens (including phenoxy) is 2. The number of hydrogen-bond acceptors (Lipinski definition) is 15. The summed E-state index contributed by atoms with van der Waals surface area (Å²) in [4.78, 5) is 16.0. The van der Waals surface area contributed by atoms with Gasteiger partial charge in [-0.1, -0.05) is 102 Å². The molecule has 8 rings (SSSR count). The number of aromatic hydroxyl groups is 1. The van der Waals surface area contributed by atoms with Crippen LogP contribution in [0.1, 0.15) is 27.0 Å². The van der Waals surface area contributed by atoms with Crippen LogP contribution in [0.3, 0.4) is 0 Å². The van der Waals surface area contributed by atoms with Crippen molar-refractivity contribution >= 4 is 160 Å². The Labute approximate surface area is 468 Å². The van der Waals surface area contributed by atoms with E-state index in [1.54, 1.807) is 97.1 Å². The van der Waals surface area contributed by atoms with Gasteiger partial charge in [-0.25, -0.2) is 0 Å². The number of amides is 1. The number of aryl methyl sites for hydroxylation is 2. The van der Waals surface area contributed by atoms with Crippen molar-refractivity contribution in [1.82, 2.24) is 0 Å². The second kappa shape index (κ2) is 23.6. The van der Waals surface area contributed by atoms with E-state index in [0.717, 1.165) is 0 Å². The Hall–Kier alpha value is -6.41. The topological polar surface area (TPSA) is 284 Å². The van der Waals surface area contributed by atoms with Crippen LogP contribution in [0.15, 0.2) is 169 Å². The molecule has 0 aliphatic carbocycles. The van der Waals surface area contributed by atoms with Gasteiger partial charge in [0.05, 0.1) is 41.2 Å². The molecule has 0 saturated heterocycles. The van der Waals surface area contributed by atoms with E-state index in [0.29, 0.717) is 44.4 Å². The number of carbonyl (C=O) groups is 1. The predicted octanol–water partition coefficient (Wildman–Crippen LogP) is 11.0. The summed E-state index contributed by atoms with van der Waals surface area (Å²) in [6.07, 6.45) is 0. The molecule has 18 nitrogen and oxygen atoms in total. The number of methoxy groups -OCH3 is 2. The first-order valence-electron chi connectivity index (χ1n) is 20.9. The summed E-state index contributed by atoms with van der Waals surface area (Å²) in [7, 11) is -6.40.